The van der Waals surface area contributed by atoms with Crippen LogP contribution >= 0.6 is 0 Å². The van der Waals surface area contributed by atoms with Crippen LogP contribution in [0.5, 0.6) is 23.0 Å². The van der Waals surface area contributed by atoms with Crippen LogP contribution in [0.3, 0.4) is 0 Å². The number of para-hydroxylation sites is 1. The molecule has 202 valence electrons. The fourth-order valence-corrected chi connectivity index (χ4v) is 4.72. The van der Waals surface area contributed by atoms with E-state index in [-0.39, 0.29) is 17.5 Å². The fourth-order valence-electron chi connectivity index (χ4n) is 4.72. The van der Waals surface area contributed by atoms with Gasteiger partial charge in [-0.25, -0.2) is 4.98 Å². The number of aromatic amines is 1. The third-order valence-corrected chi connectivity index (χ3v) is 6.73. The first-order chi connectivity index (χ1) is 20.2. The van der Waals surface area contributed by atoms with E-state index in [1.807, 2.05) is 84.9 Å². The van der Waals surface area contributed by atoms with Gasteiger partial charge in [0.25, 0.3) is 5.91 Å². The largest absolute Gasteiger partial charge is 0.457 e. The molecule has 0 saturated carbocycles. The molecule has 1 aliphatic heterocycles. The molecule has 2 N–H and O–H groups in total. The van der Waals surface area contributed by atoms with Gasteiger partial charge in [-0.1, -0.05) is 48.5 Å². The average molecular weight is 543 g/mol. The molecule has 0 unspecified atom stereocenters. The zero-order valence-electron chi connectivity index (χ0n) is 22.0. The highest BCUT2D eigenvalue weighted by Crippen LogP contribution is 2.34. The summed E-state index contributed by atoms with van der Waals surface area (Å²) in [5.41, 5.74) is 1.51. The first kappa shape index (κ1) is 25.6. The Labute approximate surface area is 236 Å². The third-order valence-electron chi connectivity index (χ3n) is 6.73. The zero-order chi connectivity index (χ0) is 28.0. The van der Waals surface area contributed by atoms with Crippen molar-refractivity contribution in [3.8, 4) is 29.1 Å². The van der Waals surface area contributed by atoms with Crippen LogP contribution in [0.1, 0.15) is 12.0 Å². The number of rotatable bonds is 8. The topological polar surface area (TPSA) is 116 Å². The van der Waals surface area contributed by atoms with Gasteiger partial charge in [-0.05, 0) is 54.5 Å². The van der Waals surface area contributed by atoms with E-state index in [4.69, 9.17) is 9.47 Å². The lowest BCUT2D eigenvalue weighted by molar-refractivity contribution is -0.125. The highest BCUT2D eigenvalue weighted by atomic mass is 16.5. The standard InChI is InChI=1S/C32H26N6O3/c33-20-23(19-22-7-3-1-4-8-22)32(39)38-18-16-24(21-38)35-31-29-28(15-17-34-30(29)36-37-31)41-27-13-11-26(12-14-27)40-25-9-5-2-6-10-25/h1-15,17,19,24H,16,18,21H2,(H2,34,35,36,37)/t24-/m1/s1. The lowest BCUT2D eigenvalue weighted by atomic mass is 10.1. The minimum absolute atomic E-state index is 0.0513. The number of aromatic nitrogens is 3. The molecule has 1 amide bonds. The molecule has 1 aliphatic rings. The second kappa shape index (κ2) is 11.6. The van der Waals surface area contributed by atoms with E-state index in [1.165, 1.54) is 0 Å². The normalized spacial score (nSPS) is 15.0. The smallest absolute Gasteiger partial charge is 0.264 e. The first-order valence-electron chi connectivity index (χ1n) is 13.2. The summed E-state index contributed by atoms with van der Waals surface area (Å²) in [6.45, 7) is 0.978. The quantitative estimate of drug-likeness (QED) is 0.178. The molecule has 2 aromatic heterocycles. The maximum Gasteiger partial charge on any atom is 0.264 e. The Morgan fingerprint density at radius 1 is 0.951 bits per heavy atom. The third kappa shape index (κ3) is 5.87. The highest BCUT2D eigenvalue weighted by Gasteiger charge is 2.29. The minimum Gasteiger partial charge on any atom is -0.457 e. The Balaban J connectivity index is 1.14. The molecule has 3 heterocycles. The molecule has 0 radical (unpaired) electrons. The summed E-state index contributed by atoms with van der Waals surface area (Å²) < 4.78 is 12.1. The van der Waals surface area contributed by atoms with E-state index < -0.39 is 0 Å². The number of carbonyl (C=O) groups is 1. The Hall–Kier alpha value is -5.62. The van der Waals surface area contributed by atoms with Crippen LogP contribution < -0.4 is 14.8 Å². The predicted molar refractivity (Wildman–Crippen MR) is 156 cm³/mol. The van der Waals surface area contributed by atoms with E-state index in [0.29, 0.717) is 53.6 Å². The van der Waals surface area contributed by atoms with Crippen LogP contribution in [0.25, 0.3) is 17.1 Å². The van der Waals surface area contributed by atoms with Crippen LogP contribution in [-0.2, 0) is 4.79 Å². The monoisotopic (exact) mass is 542 g/mol. The number of H-pyrrole nitrogens is 1. The van der Waals surface area contributed by atoms with Crippen molar-refractivity contribution in [3.05, 3.63) is 108 Å². The van der Waals surface area contributed by atoms with E-state index in [0.717, 1.165) is 11.3 Å². The molecular weight excluding hydrogens is 516 g/mol. The second-order valence-electron chi connectivity index (χ2n) is 9.56. The number of fused-ring (bicyclic) bond motifs is 1. The van der Waals surface area contributed by atoms with Crippen molar-refractivity contribution in [3.63, 3.8) is 0 Å². The number of likely N-dealkylation sites (tertiary alicyclic amines) is 1. The summed E-state index contributed by atoms with van der Waals surface area (Å²) >= 11 is 0. The van der Waals surface area contributed by atoms with E-state index in [1.54, 1.807) is 23.2 Å². The summed E-state index contributed by atoms with van der Waals surface area (Å²) in [4.78, 5) is 19.2. The van der Waals surface area contributed by atoms with E-state index >= 15 is 0 Å². The molecular formula is C32H26N6O3. The van der Waals surface area contributed by atoms with Crippen LogP contribution in [-0.4, -0.2) is 45.1 Å². The molecule has 3 aromatic carbocycles. The first-order valence-corrected chi connectivity index (χ1v) is 13.2. The number of nitrogens with one attached hydrogen (secondary N) is 2. The number of anilines is 1. The number of nitrogens with zero attached hydrogens (tertiary/aromatic N) is 4. The van der Waals surface area contributed by atoms with Crippen LogP contribution in [0.2, 0.25) is 0 Å². The van der Waals surface area contributed by atoms with Gasteiger partial charge in [0.2, 0.25) is 0 Å². The van der Waals surface area contributed by atoms with Crippen molar-refractivity contribution < 1.29 is 14.3 Å². The molecule has 1 atom stereocenters. The van der Waals surface area contributed by atoms with Crippen molar-refractivity contribution in [1.82, 2.24) is 20.1 Å². The summed E-state index contributed by atoms with van der Waals surface area (Å²) in [7, 11) is 0. The Kier molecular flexibility index (Phi) is 7.28. The fraction of sp³-hybridized carbons (Fsp3) is 0.125. The lowest BCUT2D eigenvalue weighted by Crippen LogP contribution is -2.32. The van der Waals surface area contributed by atoms with Gasteiger partial charge in [-0.3, -0.25) is 9.89 Å². The van der Waals surface area contributed by atoms with Crippen molar-refractivity contribution in [2.75, 3.05) is 18.4 Å². The zero-order valence-corrected chi connectivity index (χ0v) is 22.0. The minimum atomic E-state index is -0.280. The predicted octanol–water partition coefficient (Wildman–Crippen LogP) is 6.16. The van der Waals surface area contributed by atoms with Gasteiger partial charge in [0, 0.05) is 31.4 Å². The van der Waals surface area contributed by atoms with Gasteiger partial charge in [0.1, 0.15) is 40.0 Å². The molecule has 0 aliphatic carbocycles. The van der Waals surface area contributed by atoms with Crippen LogP contribution in [0.15, 0.2) is 103 Å². The van der Waals surface area contributed by atoms with Gasteiger partial charge in [-0.2, -0.15) is 10.4 Å². The summed E-state index contributed by atoms with van der Waals surface area (Å²) in [6.07, 6.45) is 3.99. The highest BCUT2D eigenvalue weighted by molar-refractivity contribution is 6.02. The van der Waals surface area contributed by atoms with Crippen molar-refractivity contribution in [1.29, 1.82) is 5.26 Å². The maximum atomic E-state index is 13.1. The van der Waals surface area contributed by atoms with E-state index in [9.17, 15) is 10.1 Å². The molecule has 0 bridgehead atoms. The van der Waals surface area contributed by atoms with Gasteiger partial charge < -0.3 is 19.7 Å². The Bertz CT molecular complexity index is 1730. The number of carbonyl (C=O) groups excluding carboxylic acids is 1. The number of amides is 1. The van der Waals surface area contributed by atoms with Gasteiger partial charge >= 0.3 is 0 Å². The second-order valence-corrected chi connectivity index (χ2v) is 9.56. The maximum absolute atomic E-state index is 13.1. The van der Waals surface area contributed by atoms with Crippen LogP contribution in [0.4, 0.5) is 5.82 Å². The SMILES string of the molecule is N#CC(=Cc1ccccc1)C(=O)N1CC[C@@H](Nc2n[nH]c3nccc(Oc4ccc(Oc5ccccc5)cc4)c23)C1. The molecule has 9 nitrogen and oxygen atoms in total. The number of hydrogen-bond donors (Lipinski definition) is 2. The summed E-state index contributed by atoms with van der Waals surface area (Å²) in [6, 6.07) is 30.1. The van der Waals surface area contributed by atoms with Crippen molar-refractivity contribution in [2.45, 2.75) is 12.5 Å². The number of nitriles is 1. The number of ether oxygens (including phenoxy) is 2. The number of benzene rings is 3. The van der Waals surface area contributed by atoms with Crippen molar-refractivity contribution in [2.24, 2.45) is 0 Å². The number of hydrogen-bond acceptors (Lipinski definition) is 7. The van der Waals surface area contributed by atoms with E-state index in [2.05, 4.69) is 26.6 Å². The van der Waals surface area contributed by atoms with Gasteiger partial charge in [0.05, 0.1) is 0 Å². The molecule has 9 heteroatoms. The van der Waals surface area contributed by atoms with Crippen LogP contribution in [0, 0.1) is 11.3 Å². The molecule has 1 fully saturated rings. The average Bonchev–Trinajstić information content (AvgIpc) is 3.66. The molecule has 5 aromatic rings. The molecule has 0 spiro atoms. The number of pyridine rings is 1. The van der Waals surface area contributed by atoms with Gasteiger partial charge in [0.15, 0.2) is 11.5 Å². The summed E-state index contributed by atoms with van der Waals surface area (Å²) in [5, 5.41) is 21.2. The molecule has 41 heavy (non-hydrogen) atoms. The summed E-state index contributed by atoms with van der Waals surface area (Å²) in [5.74, 6) is 3.00. The Morgan fingerprint density at radius 2 is 1.63 bits per heavy atom. The Morgan fingerprint density at radius 3 is 2.37 bits per heavy atom. The van der Waals surface area contributed by atoms with Gasteiger partial charge in [-0.15, -0.1) is 0 Å². The lowest BCUT2D eigenvalue weighted by Gasteiger charge is -2.17. The molecule has 1 saturated heterocycles. The van der Waals surface area contributed by atoms with Crippen molar-refractivity contribution >= 4 is 28.8 Å². The molecule has 6 rings (SSSR count).